The molecule has 2 rings (SSSR count). The van der Waals surface area contributed by atoms with Gasteiger partial charge >= 0.3 is 0 Å². The third kappa shape index (κ3) is 4.30. The number of likely N-dealkylation sites (tertiary alicyclic amines) is 1. The first-order valence-electron chi connectivity index (χ1n) is 7.32. The molecule has 114 valence electrons. The van der Waals surface area contributed by atoms with Crippen LogP contribution in [0.15, 0.2) is 28.7 Å². The predicted octanol–water partition coefficient (Wildman–Crippen LogP) is 2.83. The van der Waals surface area contributed by atoms with Crippen LogP contribution in [0.25, 0.3) is 0 Å². The zero-order chi connectivity index (χ0) is 15.4. The van der Waals surface area contributed by atoms with Gasteiger partial charge in [0.1, 0.15) is 0 Å². The van der Waals surface area contributed by atoms with E-state index in [4.69, 9.17) is 0 Å². The van der Waals surface area contributed by atoms with Gasteiger partial charge in [0.15, 0.2) is 0 Å². The quantitative estimate of drug-likeness (QED) is 0.909. The Kier molecular flexibility index (Phi) is 5.39. The van der Waals surface area contributed by atoms with E-state index in [0.717, 1.165) is 17.3 Å². The van der Waals surface area contributed by atoms with E-state index >= 15 is 0 Å². The monoisotopic (exact) mass is 352 g/mol. The Bertz CT molecular complexity index is 506. The Morgan fingerprint density at radius 1 is 1.19 bits per heavy atom. The average molecular weight is 353 g/mol. The van der Waals surface area contributed by atoms with Crippen molar-refractivity contribution >= 4 is 27.7 Å². The molecule has 1 aliphatic rings. The van der Waals surface area contributed by atoms with Crippen LogP contribution in [0.5, 0.6) is 0 Å². The van der Waals surface area contributed by atoms with Crippen LogP contribution in [0.4, 0.5) is 0 Å². The molecule has 1 aromatic carbocycles. The summed E-state index contributed by atoms with van der Waals surface area (Å²) in [5, 5.41) is 3.04. The lowest BCUT2D eigenvalue weighted by Crippen LogP contribution is -2.47. The first-order valence-corrected chi connectivity index (χ1v) is 8.12. The van der Waals surface area contributed by atoms with Crippen molar-refractivity contribution in [2.45, 2.75) is 32.7 Å². The number of piperidine rings is 1. The maximum absolute atomic E-state index is 12.4. The molecule has 1 N–H and O–H groups in total. The first-order chi connectivity index (χ1) is 9.97. The molecule has 0 unspecified atom stereocenters. The second-order valence-electron chi connectivity index (χ2n) is 5.74. The summed E-state index contributed by atoms with van der Waals surface area (Å²) in [6, 6.07) is 7.61. The molecule has 0 atom stereocenters. The smallest absolute Gasteiger partial charge is 0.253 e. The van der Waals surface area contributed by atoms with Crippen LogP contribution < -0.4 is 5.32 Å². The molecule has 1 aromatic rings. The van der Waals surface area contributed by atoms with Crippen molar-refractivity contribution in [2.24, 2.45) is 5.92 Å². The highest BCUT2D eigenvalue weighted by atomic mass is 79.9. The minimum Gasteiger partial charge on any atom is -0.353 e. The Labute approximate surface area is 134 Å². The van der Waals surface area contributed by atoms with E-state index in [1.807, 2.05) is 43.0 Å². The number of carbonyl (C=O) groups excluding carboxylic acids is 2. The van der Waals surface area contributed by atoms with Crippen molar-refractivity contribution in [1.29, 1.82) is 0 Å². The fraction of sp³-hybridized carbons (Fsp3) is 0.500. The number of amides is 2. The molecule has 0 aliphatic carbocycles. The van der Waals surface area contributed by atoms with Crippen LogP contribution in [-0.4, -0.2) is 35.8 Å². The Balaban J connectivity index is 1.87. The summed E-state index contributed by atoms with van der Waals surface area (Å²) in [7, 11) is 0. The fourth-order valence-electron chi connectivity index (χ4n) is 2.37. The van der Waals surface area contributed by atoms with Gasteiger partial charge in [0.25, 0.3) is 5.91 Å². The third-order valence-corrected chi connectivity index (χ3v) is 4.27. The van der Waals surface area contributed by atoms with E-state index in [2.05, 4.69) is 21.2 Å². The number of carbonyl (C=O) groups is 2. The van der Waals surface area contributed by atoms with Gasteiger partial charge in [0.05, 0.1) is 0 Å². The second-order valence-corrected chi connectivity index (χ2v) is 6.65. The van der Waals surface area contributed by atoms with Crippen LogP contribution >= 0.6 is 15.9 Å². The second kappa shape index (κ2) is 7.07. The van der Waals surface area contributed by atoms with Gasteiger partial charge in [-0.2, -0.15) is 0 Å². The molecule has 21 heavy (non-hydrogen) atoms. The van der Waals surface area contributed by atoms with Gasteiger partial charge in [-0.05, 0) is 37.1 Å². The number of benzene rings is 1. The van der Waals surface area contributed by atoms with Crippen molar-refractivity contribution in [3.8, 4) is 0 Å². The van der Waals surface area contributed by atoms with Gasteiger partial charge in [0.2, 0.25) is 5.91 Å². The van der Waals surface area contributed by atoms with E-state index < -0.39 is 0 Å². The number of nitrogens with zero attached hydrogens (tertiary/aromatic N) is 1. The van der Waals surface area contributed by atoms with Crippen molar-refractivity contribution in [3.63, 3.8) is 0 Å². The Morgan fingerprint density at radius 2 is 1.76 bits per heavy atom. The lowest BCUT2D eigenvalue weighted by molar-refractivity contribution is -0.124. The maximum atomic E-state index is 12.4. The maximum Gasteiger partial charge on any atom is 0.253 e. The van der Waals surface area contributed by atoms with Crippen molar-refractivity contribution < 1.29 is 9.59 Å². The third-order valence-electron chi connectivity index (χ3n) is 3.74. The zero-order valence-corrected chi connectivity index (χ0v) is 14.0. The van der Waals surface area contributed by atoms with Gasteiger partial charge in [-0.15, -0.1) is 0 Å². The number of hydrogen-bond acceptors (Lipinski definition) is 2. The molecule has 1 heterocycles. The summed E-state index contributed by atoms with van der Waals surface area (Å²) < 4.78 is 0.967. The summed E-state index contributed by atoms with van der Waals surface area (Å²) in [6.07, 6.45) is 1.64. The first kappa shape index (κ1) is 16.0. The van der Waals surface area contributed by atoms with E-state index in [0.29, 0.717) is 18.7 Å². The summed E-state index contributed by atoms with van der Waals surface area (Å²) >= 11 is 3.37. The lowest BCUT2D eigenvalue weighted by atomic mass is 10.0. The highest BCUT2D eigenvalue weighted by Crippen LogP contribution is 2.16. The van der Waals surface area contributed by atoms with Crippen molar-refractivity contribution in [2.75, 3.05) is 13.1 Å². The van der Waals surface area contributed by atoms with E-state index in [1.54, 1.807) is 0 Å². The molecule has 4 nitrogen and oxygen atoms in total. The summed E-state index contributed by atoms with van der Waals surface area (Å²) in [5.41, 5.74) is 0.711. The molecule has 2 amide bonds. The van der Waals surface area contributed by atoms with Gasteiger partial charge in [-0.3, -0.25) is 9.59 Å². The van der Waals surface area contributed by atoms with Crippen LogP contribution in [-0.2, 0) is 4.79 Å². The number of hydrogen-bond donors (Lipinski definition) is 1. The molecule has 1 saturated heterocycles. The van der Waals surface area contributed by atoms with Crippen LogP contribution in [0.1, 0.15) is 37.0 Å². The van der Waals surface area contributed by atoms with Gasteiger partial charge in [-0.1, -0.05) is 29.8 Å². The largest absolute Gasteiger partial charge is 0.353 e. The normalized spacial score (nSPS) is 16.1. The van der Waals surface area contributed by atoms with Gasteiger partial charge < -0.3 is 10.2 Å². The van der Waals surface area contributed by atoms with Gasteiger partial charge in [0, 0.05) is 35.1 Å². The van der Waals surface area contributed by atoms with Crippen LogP contribution in [0.2, 0.25) is 0 Å². The highest BCUT2D eigenvalue weighted by Gasteiger charge is 2.24. The van der Waals surface area contributed by atoms with E-state index in [9.17, 15) is 9.59 Å². The van der Waals surface area contributed by atoms with Crippen LogP contribution in [0.3, 0.4) is 0 Å². The highest BCUT2D eigenvalue weighted by molar-refractivity contribution is 9.10. The van der Waals surface area contributed by atoms with Gasteiger partial charge in [-0.25, -0.2) is 0 Å². The minimum atomic E-state index is 0.00688. The molecule has 0 aromatic heterocycles. The molecule has 0 saturated carbocycles. The molecule has 1 aliphatic heterocycles. The number of halogens is 1. The molecule has 1 fully saturated rings. The van der Waals surface area contributed by atoms with Crippen LogP contribution in [0, 0.1) is 5.92 Å². The van der Waals surface area contributed by atoms with E-state index in [1.165, 1.54) is 0 Å². The molecule has 0 radical (unpaired) electrons. The van der Waals surface area contributed by atoms with Crippen molar-refractivity contribution in [1.82, 2.24) is 10.2 Å². The predicted molar refractivity (Wildman–Crippen MR) is 86.0 cm³/mol. The standard InChI is InChI=1S/C16H21BrN2O2/c1-11(2)15(20)18-14-7-9-19(10-8-14)16(21)12-3-5-13(17)6-4-12/h3-6,11,14H,7-10H2,1-2H3,(H,18,20). The molecular formula is C16H21BrN2O2. The summed E-state index contributed by atoms with van der Waals surface area (Å²) in [5.74, 6) is 0.163. The summed E-state index contributed by atoms with van der Waals surface area (Å²) in [6.45, 7) is 5.17. The number of nitrogens with one attached hydrogen (secondary N) is 1. The fourth-order valence-corrected chi connectivity index (χ4v) is 2.63. The average Bonchev–Trinajstić information content (AvgIpc) is 2.48. The topological polar surface area (TPSA) is 49.4 Å². The molecular weight excluding hydrogens is 332 g/mol. The Morgan fingerprint density at radius 3 is 2.29 bits per heavy atom. The molecule has 0 bridgehead atoms. The van der Waals surface area contributed by atoms with Crippen molar-refractivity contribution in [3.05, 3.63) is 34.3 Å². The summed E-state index contributed by atoms with van der Waals surface area (Å²) in [4.78, 5) is 25.9. The Hall–Kier alpha value is -1.36. The SMILES string of the molecule is CC(C)C(=O)NC1CCN(C(=O)c2ccc(Br)cc2)CC1. The molecule has 5 heteroatoms. The minimum absolute atomic E-state index is 0.00688. The zero-order valence-electron chi connectivity index (χ0n) is 12.4. The lowest BCUT2D eigenvalue weighted by Gasteiger charge is -2.32. The molecule has 0 spiro atoms. The van der Waals surface area contributed by atoms with E-state index in [-0.39, 0.29) is 23.8 Å². The number of rotatable bonds is 3.